The lowest BCUT2D eigenvalue weighted by Crippen LogP contribution is -2.26. The number of hydrogen-bond acceptors (Lipinski definition) is 4. The van der Waals surface area contributed by atoms with Crippen LogP contribution in [0.4, 0.5) is 5.69 Å². The van der Waals surface area contributed by atoms with Crippen LogP contribution in [0, 0.1) is 0 Å². The van der Waals surface area contributed by atoms with Crippen LogP contribution in [0.3, 0.4) is 0 Å². The molecule has 0 aliphatic heterocycles. The highest BCUT2D eigenvalue weighted by atomic mass is 16.1. The minimum atomic E-state index is -0.160. The van der Waals surface area contributed by atoms with Crippen molar-refractivity contribution in [2.24, 2.45) is 0 Å². The molecule has 17 heavy (non-hydrogen) atoms. The Labute approximate surface area is 101 Å². The summed E-state index contributed by atoms with van der Waals surface area (Å²) in [5.74, 6) is 0.0610. The first-order valence-corrected chi connectivity index (χ1v) is 5.82. The largest absolute Gasteiger partial charge is 0.373 e. The number of carbonyl (C=O) groups excluding carboxylic acids is 1. The molecule has 1 heterocycles. The highest BCUT2D eigenvalue weighted by Gasteiger charge is 2.04. The van der Waals surface area contributed by atoms with Crippen LogP contribution in [-0.4, -0.2) is 29.2 Å². The Morgan fingerprint density at radius 1 is 1.53 bits per heavy atom. The van der Waals surface area contributed by atoms with Gasteiger partial charge in [0.25, 0.3) is 5.56 Å². The van der Waals surface area contributed by atoms with Gasteiger partial charge < -0.3 is 4.90 Å². The van der Waals surface area contributed by atoms with Crippen molar-refractivity contribution in [1.29, 1.82) is 0 Å². The molecule has 0 atom stereocenters. The van der Waals surface area contributed by atoms with Gasteiger partial charge in [-0.05, 0) is 13.3 Å². The van der Waals surface area contributed by atoms with E-state index in [0.29, 0.717) is 13.0 Å². The van der Waals surface area contributed by atoms with Gasteiger partial charge in [0.1, 0.15) is 5.78 Å². The molecule has 0 N–H and O–H groups in total. The van der Waals surface area contributed by atoms with Crippen molar-refractivity contribution in [3.63, 3.8) is 0 Å². The maximum Gasteiger partial charge on any atom is 0.268 e. The van der Waals surface area contributed by atoms with Gasteiger partial charge in [0.2, 0.25) is 0 Å². The number of carbonyl (C=O) groups is 1. The van der Waals surface area contributed by atoms with Crippen molar-refractivity contribution < 1.29 is 4.79 Å². The van der Waals surface area contributed by atoms with Gasteiger partial charge in [-0.2, -0.15) is 5.10 Å². The van der Waals surface area contributed by atoms with Gasteiger partial charge in [0.15, 0.2) is 0 Å². The number of rotatable bonds is 6. The van der Waals surface area contributed by atoms with Gasteiger partial charge in [-0.1, -0.05) is 6.92 Å². The molecular weight excluding hydrogens is 218 g/mol. The van der Waals surface area contributed by atoms with Gasteiger partial charge in [0.05, 0.1) is 18.4 Å². The molecule has 0 aliphatic carbocycles. The molecule has 0 saturated heterocycles. The molecule has 0 aromatic carbocycles. The summed E-state index contributed by atoms with van der Waals surface area (Å²) >= 11 is 0. The average Bonchev–Trinajstić information content (AvgIpc) is 2.27. The summed E-state index contributed by atoms with van der Waals surface area (Å²) in [6.45, 7) is 4.83. The molecule has 0 amide bonds. The number of ketones is 1. The molecule has 0 spiro atoms. The molecule has 94 valence electrons. The standard InChI is InChI=1S/C12H19N3O2/c1-4-6-14(3)11-8-12(17)15(13-9-11)7-5-10(2)16/h8-9H,4-7H2,1-3H3. The Bertz CT molecular complexity index is 440. The van der Waals surface area contributed by atoms with Crippen LogP contribution in [0.5, 0.6) is 0 Å². The summed E-state index contributed by atoms with van der Waals surface area (Å²) in [4.78, 5) is 24.6. The molecule has 0 radical (unpaired) electrons. The average molecular weight is 237 g/mol. The van der Waals surface area contributed by atoms with Gasteiger partial charge in [-0.3, -0.25) is 9.59 Å². The van der Waals surface area contributed by atoms with Gasteiger partial charge >= 0.3 is 0 Å². The zero-order valence-corrected chi connectivity index (χ0v) is 10.6. The van der Waals surface area contributed by atoms with Gasteiger partial charge in [0, 0.05) is 26.1 Å². The van der Waals surface area contributed by atoms with Crippen molar-refractivity contribution in [2.75, 3.05) is 18.5 Å². The minimum absolute atomic E-state index is 0.0610. The van der Waals surface area contributed by atoms with Gasteiger partial charge in [-0.15, -0.1) is 0 Å². The van der Waals surface area contributed by atoms with E-state index in [1.54, 1.807) is 12.3 Å². The Kier molecular flexibility index (Phi) is 4.87. The van der Waals surface area contributed by atoms with E-state index in [4.69, 9.17) is 0 Å². The molecule has 5 heteroatoms. The number of aromatic nitrogens is 2. The van der Waals surface area contributed by atoms with Crippen LogP contribution < -0.4 is 10.5 Å². The zero-order valence-electron chi connectivity index (χ0n) is 10.6. The normalized spacial score (nSPS) is 10.3. The molecule has 0 saturated carbocycles. The van der Waals surface area contributed by atoms with Crippen molar-refractivity contribution in [3.05, 3.63) is 22.6 Å². The summed E-state index contributed by atoms with van der Waals surface area (Å²) in [5, 5.41) is 4.06. The predicted molar refractivity (Wildman–Crippen MR) is 67.4 cm³/mol. The summed E-state index contributed by atoms with van der Waals surface area (Å²) in [7, 11) is 1.93. The molecule has 1 aromatic rings. The van der Waals surface area contributed by atoms with Gasteiger partial charge in [-0.25, -0.2) is 4.68 Å². The van der Waals surface area contributed by atoms with Crippen LogP contribution in [0.25, 0.3) is 0 Å². The second kappa shape index (κ2) is 6.18. The van der Waals surface area contributed by atoms with Crippen molar-refractivity contribution in [2.45, 2.75) is 33.2 Å². The van der Waals surface area contributed by atoms with E-state index in [1.807, 2.05) is 11.9 Å². The number of Topliss-reactive ketones (excluding diaryl/α,β-unsaturated/α-hetero) is 1. The topological polar surface area (TPSA) is 55.2 Å². The Hall–Kier alpha value is -1.65. The lowest BCUT2D eigenvalue weighted by Gasteiger charge is -2.17. The van der Waals surface area contributed by atoms with Crippen molar-refractivity contribution >= 4 is 11.5 Å². The monoisotopic (exact) mass is 237 g/mol. The molecule has 0 fully saturated rings. The number of hydrogen-bond donors (Lipinski definition) is 0. The Morgan fingerprint density at radius 2 is 2.24 bits per heavy atom. The van der Waals surface area contributed by atoms with Crippen LogP contribution in [0.15, 0.2) is 17.1 Å². The Balaban J connectivity index is 2.79. The third-order valence-corrected chi connectivity index (χ3v) is 2.53. The smallest absolute Gasteiger partial charge is 0.268 e. The lowest BCUT2D eigenvalue weighted by molar-refractivity contribution is -0.117. The maximum atomic E-state index is 11.7. The fourth-order valence-corrected chi connectivity index (χ4v) is 1.53. The molecule has 5 nitrogen and oxygen atoms in total. The third kappa shape index (κ3) is 4.01. The summed E-state index contributed by atoms with van der Waals surface area (Å²) < 4.78 is 1.32. The number of anilines is 1. The van der Waals surface area contributed by atoms with Crippen LogP contribution in [0.2, 0.25) is 0 Å². The first-order chi connectivity index (χ1) is 8.04. The van der Waals surface area contributed by atoms with E-state index >= 15 is 0 Å². The van der Waals surface area contributed by atoms with Crippen LogP contribution in [-0.2, 0) is 11.3 Å². The summed E-state index contributed by atoms with van der Waals surface area (Å²) in [6, 6.07) is 1.56. The van der Waals surface area contributed by atoms with E-state index in [0.717, 1.165) is 18.7 Å². The third-order valence-electron chi connectivity index (χ3n) is 2.53. The first kappa shape index (κ1) is 13.4. The Morgan fingerprint density at radius 3 is 2.76 bits per heavy atom. The lowest BCUT2D eigenvalue weighted by atomic mass is 10.3. The quantitative estimate of drug-likeness (QED) is 0.742. The predicted octanol–water partition coefficient (Wildman–Crippen LogP) is 1.07. The van der Waals surface area contributed by atoms with Crippen molar-refractivity contribution in [1.82, 2.24) is 9.78 Å². The van der Waals surface area contributed by atoms with E-state index in [2.05, 4.69) is 12.0 Å². The molecule has 0 aliphatic rings. The highest BCUT2D eigenvalue weighted by Crippen LogP contribution is 2.07. The number of nitrogens with zero attached hydrogens (tertiary/aromatic N) is 3. The molecule has 0 unspecified atom stereocenters. The van der Waals surface area contributed by atoms with Crippen molar-refractivity contribution in [3.8, 4) is 0 Å². The second-order valence-electron chi connectivity index (χ2n) is 4.15. The van der Waals surface area contributed by atoms with E-state index in [1.165, 1.54) is 11.6 Å². The minimum Gasteiger partial charge on any atom is -0.373 e. The highest BCUT2D eigenvalue weighted by molar-refractivity contribution is 5.75. The SMILES string of the molecule is CCCN(C)c1cnn(CCC(C)=O)c(=O)c1. The number of aryl methyl sites for hydroxylation is 1. The summed E-state index contributed by atoms with van der Waals surface area (Å²) in [5.41, 5.74) is 0.655. The fourth-order valence-electron chi connectivity index (χ4n) is 1.53. The summed E-state index contributed by atoms with van der Waals surface area (Å²) in [6.07, 6.45) is 3.03. The fraction of sp³-hybridized carbons (Fsp3) is 0.583. The first-order valence-electron chi connectivity index (χ1n) is 5.82. The second-order valence-corrected chi connectivity index (χ2v) is 4.15. The van der Waals surface area contributed by atoms with E-state index in [-0.39, 0.29) is 11.3 Å². The maximum absolute atomic E-state index is 11.7. The zero-order chi connectivity index (χ0) is 12.8. The van der Waals surface area contributed by atoms with Crippen LogP contribution in [0.1, 0.15) is 26.7 Å². The van der Waals surface area contributed by atoms with E-state index < -0.39 is 0 Å². The van der Waals surface area contributed by atoms with E-state index in [9.17, 15) is 9.59 Å². The molecule has 1 rings (SSSR count). The molecule has 0 bridgehead atoms. The van der Waals surface area contributed by atoms with Crippen LogP contribution >= 0.6 is 0 Å². The molecule has 1 aromatic heterocycles. The molecular formula is C12H19N3O2.